The van der Waals surface area contributed by atoms with Crippen LogP contribution in [-0.4, -0.2) is 128 Å². The van der Waals surface area contributed by atoms with E-state index in [0.717, 1.165) is 40.8 Å². The van der Waals surface area contributed by atoms with Crippen LogP contribution in [0.4, 0.5) is 0 Å². The maximum atomic E-state index is 4.05. The van der Waals surface area contributed by atoms with E-state index < -0.39 is 0 Å². The van der Waals surface area contributed by atoms with Crippen molar-refractivity contribution in [1.29, 1.82) is 0 Å². The standard InChI is InChI=1S/C27H54S9.C12H18.C4H10S3.4CH4/c1-28-12-15-34-21-18-31-9-6-25-4-5-26(7-10-32-19-22-35-16-13-29-2)27(24-25)8-11-33-20-23-36-17-14-30-3;1-4-10-7-8-11(5-2)12(6-3)9-10;5-1-3-7-4-2-6;;;;/h25-27H,4-24H2,1-3H3;4-6,10-12H,1-3,7-9H2;5-6H,1-4H2;4*1H4. The average molecular weight is 1050 g/mol. The minimum absolute atomic E-state index is 0. The van der Waals surface area contributed by atoms with Crippen molar-refractivity contribution in [2.24, 2.45) is 35.5 Å². The molecule has 358 valence electrons. The van der Waals surface area contributed by atoms with Gasteiger partial charge in [-0.25, -0.2) is 0 Å². The van der Waals surface area contributed by atoms with Crippen LogP contribution in [0.2, 0.25) is 0 Å². The highest BCUT2D eigenvalue weighted by Crippen LogP contribution is 2.41. The van der Waals surface area contributed by atoms with E-state index in [2.05, 4.69) is 153 Å². The van der Waals surface area contributed by atoms with E-state index >= 15 is 0 Å². The summed E-state index contributed by atoms with van der Waals surface area (Å²) in [5.41, 5.74) is 0. The molecule has 0 radical (unpaired) electrons. The number of thiol groups is 2. The quantitative estimate of drug-likeness (QED) is 0.0362. The van der Waals surface area contributed by atoms with Gasteiger partial charge in [0.1, 0.15) is 0 Å². The Balaban J connectivity index is -0.000000348. The molecule has 2 aliphatic rings. The van der Waals surface area contributed by atoms with Gasteiger partial charge >= 0.3 is 0 Å². The number of allylic oxidation sites excluding steroid dienone is 3. The van der Waals surface area contributed by atoms with Gasteiger partial charge in [-0.2, -0.15) is 143 Å². The van der Waals surface area contributed by atoms with Crippen LogP contribution in [0.1, 0.15) is 87.5 Å². The molecule has 0 heterocycles. The molecule has 0 aromatic heterocycles. The molecule has 0 amide bonds. The third kappa shape index (κ3) is 45.0. The predicted octanol–water partition coefficient (Wildman–Crippen LogP) is 17.4. The molecule has 6 atom stereocenters. The second kappa shape index (κ2) is 57.5. The monoisotopic (exact) mass is 1050 g/mol. The van der Waals surface area contributed by atoms with E-state index in [-0.39, 0.29) is 29.7 Å². The van der Waals surface area contributed by atoms with Gasteiger partial charge in [-0.1, -0.05) is 54.4 Å². The molecule has 0 aromatic carbocycles. The van der Waals surface area contributed by atoms with Crippen molar-refractivity contribution < 1.29 is 0 Å². The lowest BCUT2D eigenvalue weighted by molar-refractivity contribution is 0.169. The summed E-state index contributed by atoms with van der Waals surface area (Å²) in [5, 5.41) is 0. The topological polar surface area (TPSA) is 0 Å². The molecule has 0 aliphatic heterocycles. The minimum atomic E-state index is 0. The van der Waals surface area contributed by atoms with Gasteiger partial charge in [0.2, 0.25) is 0 Å². The first-order valence-electron chi connectivity index (χ1n) is 20.6. The highest BCUT2D eigenvalue weighted by molar-refractivity contribution is 8.05. The molecule has 0 N–H and O–H groups in total. The van der Waals surface area contributed by atoms with Gasteiger partial charge in [-0.15, -0.1) is 19.7 Å². The third-order valence-corrected chi connectivity index (χ3v) is 21.4. The van der Waals surface area contributed by atoms with Crippen molar-refractivity contribution in [3.05, 3.63) is 38.0 Å². The first-order valence-corrected chi connectivity index (χ1v) is 34.2. The molecule has 0 nitrogen and oxygen atoms in total. The first-order chi connectivity index (χ1) is 27.0. The van der Waals surface area contributed by atoms with Crippen LogP contribution in [0.5, 0.6) is 0 Å². The summed E-state index contributed by atoms with van der Waals surface area (Å²) < 4.78 is 0. The average Bonchev–Trinajstić information content (AvgIpc) is 3.21. The molecule has 2 fully saturated rings. The zero-order valence-corrected chi connectivity index (χ0v) is 45.0. The Morgan fingerprint density at radius 3 is 1.20 bits per heavy atom. The Bertz CT molecular complexity index is 816. The minimum Gasteiger partial charge on any atom is -0.179 e. The summed E-state index contributed by atoms with van der Waals surface area (Å²) in [6, 6.07) is 0. The van der Waals surface area contributed by atoms with Gasteiger partial charge in [-0.3, -0.25) is 0 Å². The van der Waals surface area contributed by atoms with E-state index in [0.29, 0.717) is 17.8 Å². The molecular weight excluding hydrogens is 949 g/mol. The highest BCUT2D eigenvalue weighted by Gasteiger charge is 2.30. The summed E-state index contributed by atoms with van der Waals surface area (Å²) in [6.07, 6.45) is 25.6. The normalized spacial score (nSPS) is 20.7. The Labute approximate surface area is 427 Å². The van der Waals surface area contributed by atoms with Gasteiger partial charge in [-0.05, 0) is 134 Å². The fourth-order valence-corrected chi connectivity index (χ4v) is 16.9. The second-order valence-corrected chi connectivity index (χ2v) is 26.3. The summed E-state index contributed by atoms with van der Waals surface area (Å²) in [5.74, 6) is 29.5. The fraction of sp³-hybridized carbons (Fsp3) is 0.872. The largest absolute Gasteiger partial charge is 0.179 e. The summed E-state index contributed by atoms with van der Waals surface area (Å²) in [4.78, 5) is 0. The van der Waals surface area contributed by atoms with Gasteiger partial charge < -0.3 is 0 Å². The fourth-order valence-electron chi connectivity index (χ4n) is 6.80. The summed E-state index contributed by atoms with van der Waals surface area (Å²) in [7, 11) is 0. The SMILES string of the molecule is C.C.C.C.C=CC1CCC(C=C)C(C=C)C1.CSCCSCCSCCC1CCC(CCSCCSCCSC)C(CCSCCSCCSC)C1.SCCSCCS. The number of hydrogen-bond acceptors (Lipinski definition) is 12. The Kier molecular flexibility index (Phi) is 69.7. The molecule has 0 aromatic rings. The lowest BCUT2D eigenvalue weighted by Gasteiger charge is -2.36. The van der Waals surface area contributed by atoms with Crippen LogP contribution in [0.25, 0.3) is 0 Å². The molecule has 2 rings (SSSR count). The van der Waals surface area contributed by atoms with Gasteiger partial charge in [0.05, 0.1) is 0 Å². The summed E-state index contributed by atoms with van der Waals surface area (Å²) >= 11 is 29.1. The highest BCUT2D eigenvalue weighted by atomic mass is 32.2. The molecule has 2 saturated carbocycles. The van der Waals surface area contributed by atoms with Gasteiger partial charge in [0.15, 0.2) is 0 Å². The molecule has 0 spiro atoms. The molecule has 6 unspecified atom stereocenters. The Hall–Kier alpha value is 3.42. The van der Waals surface area contributed by atoms with Gasteiger partial charge in [0.25, 0.3) is 0 Å². The molecule has 0 saturated heterocycles. The van der Waals surface area contributed by atoms with Crippen LogP contribution < -0.4 is 0 Å². The zero-order chi connectivity index (χ0) is 40.5. The third-order valence-electron chi connectivity index (χ3n) is 10.0. The van der Waals surface area contributed by atoms with Crippen molar-refractivity contribution in [3.63, 3.8) is 0 Å². The van der Waals surface area contributed by atoms with Crippen LogP contribution in [0, 0.1) is 35.5 Å². The molecule has 59 heavy (non-hydrogen) atoms. The van der Waals surface area contributed by atoms with Crippen LogP contribution >= 0.6 is 143 Å². The first kappa shape index (κ1) is 71.4. The molecule has 2 aliphatic carbocycles. The number of rotatable bonds is 34. The lowest BCUT2D eigenvalue weighted by Crippen LogP contribution is -2.26. The van der Waals surface area contributed by atoms with Crippen molar-refractivity contribution in [2.75, 3.05) is 128 Å². The van der Waals surface area contributed by atoms with E-state index in [4.69, 9.17) is 0 Å². The van der Waals surface area contributed by atoms with E-state index in [1.165, 1.54) is 144 Å². The maximum absolute atomic E-state index is 4.05. The zero-order valence-electron chi connectivity index (χ0n) is 35.1. The smallest absolute Gasteiger partial charge is 0.00238 e. The van der Waals surface area contributed by atoms with Gasteiger partial charge in [0, 0.05) is 80.5 Å². The molecule has 12 heteroatoms. The van der Waals surface area contributed by atoms with Crippen molar-refractivity contribution in [1.82, 2.24) is 0 Å². The Morgan fingerprint density at radius 2 is 0.797 bits per heavy atom. The summed E-state index contributed by atoms with van der Waals surface area (Å²) in [6.45, 7) is 11.6. The van der Waals surface area contributed by atoms with Crippen molar-refractivity contribution >= 4 is 143 Å². The van der Waals surface area contributed by atoms with Crippen molar-refractivity contribution in [3.8, 4) is 0 Å². The van der Waals surface area contributed by atoms with E-state index in [9.17, 15) is 0 Å². The Morgan fingerprint density at radius 1 is 0.407 bits per heavy atom. The predicted molar refractivity (Wildman–Crippen MR) is 324 cm³/mol. The van der Waals surface area contributed by atoms with E-state index in [1.54, 1.807) is 0 Å². The second-order valence-electron chi connectivity index (χ2n) is 13.9. The lowest BCUT2D eigenvalue weighted by atomic mass is 9.71. The van der Waals surface area contributed by atoms with E-state index in [1.807, 2.05) is 47.0 Å². The maximum Gasteiger partial charge on any atom is 0.00238 e. The van der Waals surface area contributed by atoms with Crippen LogP contribution in [0.15, 0.2) is 38.0 Å². The number of thioether (sulfide) groups is 10. The van der Waals surface area contributed by atoms with Crippen molar-refractivity contribution in [2.45, 2.75) is 87.5 Å². The molecule has 0 bridgehead atoms. The van der Waals surface area contributed by atoms with Crippen LogP contribution in [-0.2, 0) is 0 Å². The number of hydrogen-bond donors (Lipinski definition) is 2. The molecular formula is C47H98S12. The van der Waals surface area contributed by atoms with Crippen LogP contribution in [0.3, 0.4) is 0 Å².